The van der Waals surface area contributed by atoms with Crippen LogP contribution in [0.1, 0.15) is 38.1 Å². The molecule has 5 nitrogen and oxygen atoms in total. The highest BCUT2D eigenvalue weighted by atomic mass is 16.6. The van der Waals surface area contributed by atoms with Gasteiger partial charge in [0.05, 0.1) is 18.8 Å². The Bertz CT molecular complexity index is 552. The molecule has 1 aromatic carbocycles. The summed E-state index contributed by atoms with van der Waals surface area (Å²) in [6, 6.07) is 9.08. The fourth-order valence-electron chi connectivity index (χ4n) is 3.56. The van der Waals surface area contributed by atoms with Gasteiger partial charge >= 0.3 is 5.97 Å². The molecule has 2 atom stereocenters. The monoisotopic (exact) mass is 333 g/mol. The van der Waals surface area contributed by atoms with E-state index in [0.717, 1.165) is 0 Å². The van der Waals surface area contributed by atoms with Crippen molar-refractivity contribution in [3.05, 3.63) is 35.9 Å². The zero-order valence-corrected chi connectivity index (χ0v) is 14.9. The van der Waals surface area contributed by atoms with Gasteiger partial charge in [0.2, 0.25) is 0 Å². The van der Waals surface area contributed by atoms with E-state index in [-0.39, 0.29) is 30.6 Å². The van der Waals surface area contributed by atoms with E-state index in [2.05, 4.69) is 32.6 Å². The van der Waals surface area contributed by atoms with Crippen LogP contribution in [-0.2, 0) is 14.2 Å². The quantitative estimate of drug-likeness (QED) is 0.776. The van der Waals surface area contributed by atoms with Crippen molar-refractivity contribution < 1.29 is 19.0 Å². The summed E-state index contributed by atoms with van der Waals surface area (Å²) in [7, 11) is 0. The number of hydrogen-bond acceptors (Lipinski definition) is 5. The highest BCUT2D eigenvalue weighted by Gasteiger charge is 2.57. The maximum absolute atomic E-state index is 12.3. The summed E-state index contributed by atoms with van der Waals surface area (Å²) in [6.45, 7) is 9.92. The molecule has 0 radical (unpaired) electrons. The molecule has 2 unspecified atom stereocenters. The minimum absolute atomic E-state index is 0.00433. The lowest BCUT2D eigenvalue weighted by Crippen LogP contribution is -2.54. The normalized spacial score (nSPS) is 30.1. The summed E-state index contributed by atoms with van der Waals surface area (Å²) in [5.41, 5.74) is 0.188. The fraction of sp³-hybridized carbons (Fsp3) is 0.632. The first kappa shape index (κ1) is 17.4. The molecule has 1 aromatic rings. The molecule has 3 rings (SSSR count). The molecule has 2 saturated heterocycles. The van der Waals surface area contributed by atoms with Crippen molar-refractivity contribution in [3.63, 3.8) is 0 Å². The molecule has 5 heteroatoms. The van der Waals surface area contributed by atoms with E-state index >= 15 is 0 Å². The molecule has 0 spiro atoms. The van der Waals surface area contributed by atoms with Gasteiger partial charge in [-0.15, -0.1) is 0 Å². The predicted octanol–water partition coefficient (Wildman–Crippen LogP) is 2.91. The van der Waals surface area contributed by atoms with Crippen molar-refractivity contribution in [3.8, 4) is 0 Å². The van der Waals surface area contributed by atoms with Crippen molar-refractivity contribution in [2.45, 2.75) is 45.7 Å². The maximum Gasteiger partial charge on any atom is 0.338 e. The fourth-order valence-corrected chi connectivity index (χ4v) is 3.56. The Labute approximate surface area is 143 Å². The van der Waals surface area contributed by atoms with E-state index < -0.39 is 0 Å². The van der Waals surface area contributed by atoms with Gasteiger partial charge in [0.25, 0.3) is 0 Å². The van der Waals surface area contributed by atoms with Crippen LogP contribution in [0.5, 0.6) is 0 Å². The largest absolute Gasteiger partial charge is 0.460 e. The number of hydrogen-bond donors (Lipinski definition) is 0. The highest BCUT2D eigenvalue weighted by molar-refractivity contribution is 5.89. The molecule has 2 fully saturated rings. The zero-order valence-electron chi connectivity index (χ0n) is 14.9. The van der Waals surface area contributed by atoms with Crippen molar-refractivity contribution in [2.75, 3.05) is 19.8 Å². The first-order valence-corrected chi connectivity index (χ1v) is 8.68. The lowest BCUT2D eigenvalue weighted by molar-refractivity contribution is -0.0961. The van der Waals surface area contributed by atoms with Crippen molar-refractivity contribution >= 4 is 5.97 Å². The summed E-state index contributed by atoms with van der Waals surface area (Å²) >= 11 is 0. The highest BCUT2D eigenvalue weighted by Crippen LogP contribution is 2.41. The van der Waals surface area contributed by atoms with Gasteiger partial charge < -0.3 is 14.2 Å². The second-order valence-corrected chi connectivity index (χ2v) is 7.46. The average Bonchev–Trinajstić information content (AvgIpc) is 3.10. The molecule has 0 N–H and O–H groups in total. The molecule has 2 aliphatic rings. The van der Waals surface area contributed by atoms with Crippen LogP contribution >= 0.6 is 0 Å². The van der Waals surface area contributed by atoms with Gasteiger partial charge in [-0.1, -0.05) is 45.9 Å². The van der Waals surface area contributed by atoms with Crippen molar-refractivity contribution in [2.24, 2.45) is 11.8 Å². The Hall–Kier alpha value is -1.43. The third-order valence-electron chi connectivity index (χ3n) is 4.76. The lowest BCUT2D eigenvalue weighted by Gasteiger charge is -2.36. The number of carbonyl (C=O) groups excluding carboxylic acids is 1. The average molecular weight is 333 g/mol. The number of carbonyl (C=O) groups is 1. The molecule has 24 heavy (non-hydrogen) atoms. The first-order valence-electron chi connectivity index (χ1n) is 8.68. The summed E-state index contributed by atoms with van der Waals surface area (Å²) in [6.07, 6.45) is -0.00865. The molecule has 2 aliphatic heterocycles. The van der Waals surface area contributed by atoms with Gasteiger partial charge in [-0.2, -0.15) is 0 Å². The van der Waals surface area contributed by atoms with Crippen molar-refractivity contribution in [1.29, 1.82) is 0 Å². The van der Waals surface area contributed by atoms with Gasteiger partial charge in [-0.3, -0.25) is 0 Å². The van der Waals surface area contributed by atoms with Crippen LogP contribution in [-0.4, -0.2) is 48.7 Å². The predicted molar refractivity (Wildman–Crippen MR) is 90.5 cm³/mol. The molecular formula is C19H27NO4. The van der Waals surface area contributed by atoms with Gasteiger partial charge in [0.15, 0.2) is 0 Å². The van der Waals surface area contributed by atoms with Crippen LogP contribution in [0, 0.1) is 11.8 Å². The minimum atomic E-state index is -0.381. The van der Waals surface area contributed by atoms with E-state index in [9.17, 15) is 4.79 Å². The smallest absolute Gasteiger partial charge is 0.338 e. The summed E-state index contributed by atoms with van der Waals surface area (Å²) in [5.74, 6) is 0.394. The van der Waals surface area contributed by atoms with Crippen LogP contribution in [0.25, 0.3) is 0 Å². The van der Waals surface area contributed by atoms with Gasteiger partial charge in [-0.25, -0.2) is 9.69 Å². The Morgan fingerprint density at radius 3 is 2.17 bits per heavy atom. The molecule has 0 saturated carbocycles. The Kier molecular flexibility index (Phi) is 4.95. The van der Waals surface area contributed by atoms with Crippen LogP contribution in [0.3, 0.4) is 0 Å². The van der Waals surface area contributed by atoms with E-state index in [1.54, 1.807) is 12.1 Å². The van der Waals surface area contributed by atoms with Crippen LogP contribution in [0.4, 0.5) is 0 Å². The minimum Gasteiger partial charge on any atom is -0.460 e. The number of ether oxygens (including phenoxy) is 3. The van der Waals surface area contributed by atoms with E-state index in [0.29, 0.717) is 30.6 Å². The SMILES string of the molecule is CC(C)C1OCC2(COC(=O)c3ccccc3)COC(C(C)C)N12. The van der Waals surface area contributed by atoms with Crippen LogP contribution in [0.2, 0.25) is 0 Å². The number of fused-ring (bicyclic) bond motifs is 1. The number of nitrogens with zero attached hydrogens (tertiary/aromatic N) is 1. The second kappa shape index (κ2) is 6.82. The number of esters is 1. The molecule has 0 bridgehead atoms. The first-order chi connectivity index (χ1) is 11.4. The number of benzene rings is 1. The van der Waals surface area contributed by atoms with Gasteiger partial charge in [0.1, 0.15) is 24.6 Å². The molecule has 0 amide bonds. The van der Waals surface area contributed by atoms with E-state index in [1.165, 1.54) is 0 Å². The second-order valence-electron chi connectivity index (χ2n) is 7.46. The number of rotatable bonds is 5. The van der Waals surface area contributed by atoms with E-state index in [1.807, 2.05) is 18.2 Å². The standard InChI is InChI=1S/C19H27NO4/c1-13(2)16-20-17(14(3)4)23-11-19(20,10-22-16)12-24-18(21)15-8-6-5-7-9-15/h5-9,13-14,16-17H,10-12H2,1-4H3. The summed E-state index contributed by atoms with van der Waals surface area (Å²) in [5, 5.41) is 0. The van der Waals surface area contributed by atoms with Gasteiger partial charge in [-0.05, 0) is 24.0 Å². The Morgan fingerprint density at radius 2 is 1.67 bits per heavy atom. The topological polar surface area (TPSA) is 48.0 Å². The molecule has 0 aliphatic carbocycles. The van der Waals surface area contributed by atoms with Gasteiger partial charge in [0, 0.05) is 0 Å². The summed E-state index contributed by atoms with van der Waals surface area (Å²) in [4.78, 5) is 14.6. The maximum atomic E-state index is 12.3. The lowest BCUT2D eigenvalue weighted by atomic mass is 9.99. The third kappa shape index (κ3) is 3.08. The van der Waals surface area contributed by atoms with Crippen LogP contribution in [0.15, 0.2) is 30.3 Å². The van der Waals surface area contributed by atoms with E-state index in [4.69, 9.17) is 14.2 Å². The van der Waals surface area contributed by atoms with Crippen LogP contribution < -0.4 is 0 Å². The third-order valence-corrected chi connectivity index (χ3v) is 4.76. The zero-order chi connectivity index (χ0) is 17.3. The molecular weight excluding hydrogens is 306 g/mol. The molecule has 0 aromatic heterocycles. The summed E-state index contributed by atoms with van der Waals surface area (Å²) < 4.78 is 17.7. The Morgan fingerprint density at radius 1 is 1.12 bits per heavy atom. The molecule has 132 valence electrons. The Balaban J connectivity index is 1.74. The van der Waals surface area contributed by atoms with Crippen molar-refractivity contribution in [1.82, 2.24) is 4.90 Å². The molecule has 2 heterocycles.